The van der Waals surface area contributed by atoms with Crippen molar-refractivity contribution in [1.82, 2.24) is 36.4 Å². The van der Waals surface area contributed by atoms with E-state index >= 15 is 0 Å². The molecule has 0 fully saturated rings. The summed E-state index contributed by atoms with van der Waals surface area (Å²) in [5, 5.41) is 28.1. The quantitative estimate of drug-likeness (QED) is 0.122. The lowest BCUT2D eigenvalue weighted by molar-refractivity contribution is -0.130. The molecule has 0 unspecified atom stereocenters. The number of benzene rings is 3. The molecular weight excluding hydrogens is 618 g/mol. The number of hydrogen-bond acceptors (Lipinski definition) is 9. The van der Waals surface area contributed by atoms with E-state index < -0.39 is 41.6 Å². The molecule has 0 aliphatic carbocycles. The van der Waals surface area contributed by atoms with E-state index in [0.717, 1.165) is 5.56 Å². The molecule has 3 aromatic carbocycles. The van der Waals surface area contributed by atoms with Gasteiger partial charge in [0, 0.05) is 24.9 Å². The van der Waals surface area contributed by atoms with Crippen molar-refractivity contribution in [3.8, 4) is 11.8 Å². The zero-order chi connectivity index (χ0) is 34.6. The van der Waals surface area contributed by atoms with Crippen LogP contribution >= 0.6 is 0 Å². The molecule has 4 aromatic rings. The van der Waals surface area contributed by atoms with Crippen LogP contribution in [0.3, 0.4) is 0 Å². The van der Waals surface area contributed by atoms with E-state index in [1.54, 1.807) is 62.4 Å². The largest absolute Gasteiger partial charge is 0.368 e. The molecule has 2 atom stereocenters. The Labute approximate surface area is 275 Å². The highest BCUT2D eigenvalue weighted by molar-refractivity contribution is 5.98. The third kappa shape index (κ3) is 9.36. The SMILES string of the molecule is CC(C)[C@H](NC(=O)c1ccc(On2nnc3ccccc32)c(C#N)c1)C(=O)NCCC(=O)N[C@@H](Cc1ccccc1)C(=O)NCC(N)=O. The minimum atomic E-state index is -0.983. The Kier molecular flexibility index (Phi) is 11.8. The fourth-order valence-electron chi connectivity index (χ4n) is 4.64. The van der Waals surface area contributed by atoms with Crippen molar-refractivity contribution in [1.29, 1.82) is 5.26 Å². The molecule has 1 aromatic heterocycles. The van der Waals surface area contributed by atoms with Crippen LogP contribution in [-0.2, 0) is 25.6 Å². The fraction of sp³-hybridized carbons (Fsp3) is 0.273. The van der Waals surface area contributed by atoms with Crippen LogP contribution in [-0.4, -0.2) is 69.9 Å². The van der Waals surface area contributed by atoms with Gasteiger partial charge in [0.2, 0.25) is 23.6 Å². The van der Waals surface area contributed by atoms with Gasteiger partial charge in [-0.3, -0.25) is 24.0 Å². The summed E-state index contributed by atoms with van der Waals surface area (Å²) in [4.78, 5) is 69.7. The lowest BCUT2D eigenvalue weighted by Crippen LogP contribution is -2.51. The minimum Gasteiger partial charge on any atom is -0.368 e. The van der Waals surface area contributed by atoms with Gasteiger partial charge in [-0.05, 0) is 47.0 Å². The number of aromatic nitrogens is 3. The number of nitriles is 1. The van der Waals surface area contributed by atoms with Crippen LogP contribution in [0.2, 0.25) is 0 Å². The molecule has 0 saturated heterocycles. The van der Waals surface area contributed by atoms with E-state index in [9.17, 15) is 29.2 Å². The number of hydrogen-bond donors (Lipinski definition) is 5. The van der Waals surface area contributed by atoms with Gasteiger partial charge < -0.3 is 31.8 Å². The van der Waals surface area contributed by atoms with Crippen molar-refractivity contribution in [2.75, 3.05) is 13.1 Å². The molecule has 0 saturated carbocycles. The average Bonchev–Trinajstić information content (AvgIpc) is 3.48. The predicted octanol–water partition coefficient (Wildman–Crippen LogP) is 0.735. The summed E-state index contributed by atoms with van der Waals surface area (Å²) in [6.07, 6.45) is 0.00983. The minimum absolute atomic E-state index is 0.0627. The van der Waals surface area contributed by atoms with Gasteiger partial charge in [0.1, 0.15) is 29.2 Å². The second kappa shape index (κ2) is 16.3. The molecule has 48 heavy (non-hydrogen) atoms. The Morgan fingerprint density at radius 3 is 2.38 bits per heavy atom. The number of carbonyl (C=O) groups is 5. The molecule has 0 spiro atoms. The number of carbonyl (C=O) groups excluding carboxylic acids is 5. The van der Waals surface area contributed by atoms with Gasteiger partial charge in [-0.2, -0.15) is 5.26 Å². The van der Waals surface area contributed by atoms with Crippen molar-refractivity contribution in [3.05, 3.63) is 89.5 Å². The van der Waals surface area contributed by atoms with Gasteiger partial charge >= 0.3 is 0 Å². The van der Waals surface area contributed by atoms with Crippen LogP contribution in [0.25, 0.3) is 11.0 Å². The molecule has 0 bridgehead atoms. The van der Waals surface area contributed by atoms with E-state index in [1.165, 1.54) is 23.0 Å². The molecule has 0 aliphatic rings. The smallest absolute Gasteiger partial charge is 0.251 e. The maximum absolute atomic E-state index is 13.1. The van der Waals surface area contributed by atoms with Gasteiger partial charge in [-0.25, -0.2) is 0 Å². The summed E-state index contributed by atoms with van der Waals surface area (Å²) < 4.78 is 0. The maximum Gasteiger partial charge on any atom is 0.251 e. The zero-order valence-corrected chi connectivity index (χ0v) is 26.3. The van der Waals surface area contributed by atoms with Crippen LogP contribution in [0, 0.1) is 17.2 Å². The number of nitrogens with one attached hydrogen (secondary N) is 4. The molecule has 248 valence electrons. The lowest BCUT2D eigenvalue weighted by Gasteiger charge is -2.22. The van der Waals surface area contributed by atoms with E-state index in [-0.39, 0.29) is 48.7 Å². The molecular formula is C33H35N9O6. The van der Waals surface area contributed by atoms with Crippen LogP contribution in [0.4, 0.5) is 0 Å². The Hall–Kier alpha value is -6.30. The number of fused-ring (bicyclic) bond motifs is 1. The van der Waals surface area contributed by atoms with Gasteiger partial charge in [-0.15, -0.1) is 5.10 Å². The first-order valence-electron chi connectivity index (χ1n) is 15.1. The summed E-state index contributed by atoms with van der Waals surface area (Å²) >= 11 is 0. The monoisotopic (exact) mass is 653 g/mol. The van der Waals surface area contributed by atoms with Gasteiger partial charge in [0.15, 0.2) is 5.75 Å². The Bertz CT molecular complexity index is 1830. The Morgan fingerprint density at radius 2 is 1.67 bits per heavy atom. The van der Waals surface area contributed by atoms with Crippen LogP contribution in [0.5, 0.6) is 5.75 Å². The molecule has 15 nitrogen and oxygen atoms in total. The molecule has 5 amide bonds. The van der Waals surface area contributed by atoms with Crippen LogP contribution in [0.1, 0.15) is 41.8 Å². The maximum atomic E-state index is 13.1. The second-order valence-corrected chi connectivity index (χ2v) is 11.1. The Balaban J connectivity index is 1.33. The van der Waals surface area contributed by atoms with Gasteiger partial charge in [0.25, 0.3) is 5.91 Å². The summed E-state index contributed by atoms with van der Waals surface area (Å²) in [6.45, 7) is 3.03. The summed E-state index contributed by atoms with van der Waals surface area (Å²) in [5.74, 6) is -3.12. The topological polar surface area (TPSA) is 223 Å². The summed E-state index contributed by atoms with van der Waals surface area (Å²) in [7, 11) is 0. The van der Waals surface area contributed by atoms with Crippen molar-refractivity contribution >= 4 is 40.6 Å². The Morgan fingerprint density at radius 1 is 0.938 bits per heavy atom. The molecule has 0 aliphatic heterocycles. The molecule has 1 heterocycles. The summed E-state index contributed by atoms with van der Waals surface area (Å²) in [5.41, 5.74) is 7.28. The van der Waals surface area contributed by atoms with E-state index in [1.807, 2.05) is 12.1 Å². The van der Waals surface area contributed by atoms with Crippen molar-refractivity contribution in [2.45, 2.75) is 38.8 Å². The highest BCUT2D eigenvalue weighted by Gasteiger charge is 2.26. The fourth-order valence-corrected chi connectivity index (χ4v) is 4.64. The molecule has 6 N–H and O–H groups in total. The van der Waals surface area contributed by atoms with Crippen LogP contribution in [0.15, 0.2) is 72.8 Å². The lowest BCUT2D eigenvalue weighted by atomic mass is 10.0. The standard InChI is InChI=1S/C33H35N9O6/c1-20(2)30(33(47)36-15-14-29(44)38-25(32(46)37-19-28(35)43)16-21-8-4-3-5-9-21)39-31(45)22-12-13-27(23(17-22)18-34)48-42-26-11-7-6-10-24(26)40-41-42/h3-13,17,20,25,30H,14-16,19H2,1-2H3,(H2,35,43)(H,36,47)(H,37,46)(H,38,44)(H,39,45)/t25-,30-/m0/s1. The third-order valence-corrected chi connectivity index (χ3v) is 7.13. The highest BCUT2D eigenvalue weighted by atomic mass is 16.7. The number of rotatable bonds is 15. The second-order valence-electron chi connectivity index (χ2n) is 11.1. The first kappa shape index (κ1) is 34.6. The zero-order valence-electron chi connectivity index (χ0n) is 26.3. The van der Waals surface area contributed by atoms with Crippen molar-refractivity contribution in [3.63, 3.8) is 0 Å². The van der Waals surface area contributed by atoms with Crippen molar-refractivity contribution < 1.29 is 28.8 Å². The number of nitrogens with two attached hydrogens (primary N) is 1. The third-order valence-electron chi connectivity index (χ3n) is 7.13. The highest BCUT2D eigenvalue weighted by Crippen LogP contribution is 2.22. The number of primary amides is 1. The van der Waals surface area contributed by atoms with Gasteiger partial charge in [0.05, 0.1) is 12.1 Å². The number of para-hydroxylation sites is 1. The van der Waals surface area contributed by atoms with E-state index in [2.05, 4.69) is 31.6 Å². The average molecular weight is 654 g/mol. The molecule has 15 heteroatoms. The molecule has 4 rings (SSSR count). The summed E-state index contributed by atoms with van der Waals surface area (Å²) in [6, 6.07) is 20.4. The predicted molar refractivity (Wildman–Crippen MR) is 173 cm³/mol. The van der Waals surface area contributed by atoms with Crippen LogP contribution < -0.4 is 31.8 Å². The number of nitrogens with zero attached hydrogens (tertiary/aromatic N) is 4. The number of amides is 5. The van der Waals surface area contributed by atoms with Gasteiger partial charge in [-0.1, -0.05) is 61.2 Å². The van der Waals surface area contributed by atoms with E-state index in [4.69, 9.17) is 10.6 Å². The van der Waals surface area contributed by atoms with E-state index in [0.29, 0.717) is 11.0 Å². The first-order chi connectivity index (χ1) is 23.0. The normalized spacial score (nSPS) is 12.0. The molecule has 0 radical (unpaired) electrons. The first-order valence-corrected chi connectivity index (χ1v) is 15.1. The van der Waals surface area contributed by atoms with Crippen molar-refractivity contribution in [2.24, 2.45) is 11.7 Å².